The van der Waals surface area contributed by atoms with Crippen LogP contribution < -0.4 is 9.47 Å². The summed E-state index contributed by atoms with van der Waals surface area (Å²) in [5, 5.41) is 0. The maximum atomic E-state index is 13.1. The number of hydrogen-bond acceptors (Lipinski definition) is 8. The predicted molar refractivity (Wildman–Crippen MR) is 112 cm³/mol. The number of carbonyl (C=O) groups is 2. The fourth-order valence-corrected chi connectivity index (χ4v) is 5.55. The Hall–Kier alpha value is -2.37. The number of ether oxygens (including phenoxy) is 4. The first kappa shape index (κ1) is 22.8. The van der Waals surface area contributed by atoms with Crippen LogP contribution in [0.2, 0.25) is 0 Å². The molecule has 4 rings (SSSR count). The van der Waals surface area contributed by atoms with Crippen LogP contribution in [-0.2, 0) is 29.1 Å². The van der Waals surface area contributed by atoms with E-state index in [9.17, 15) is 18.0 Å². The van der Waals surface area contributed by atoms with E-state index in [4.69, 9.17) is 18.9 Å². The Morgan fingerprint density at radius 1 is 1.09 bits per heavy atom. The molecule has 3 aliphatic heterocycles. The van der Waals surface area contributed by atoms with Crippen LogP contribution in [-0.4, -0.2) is 88.2 Å². The highest BCUT2D eigenvalue weighted by atomic mass is 32.2. The van der Waals surface area contributed by atoms with Gasteiger partial charge in [0.05, 0.1) is 30.6 Å². The van der Waals surface area contributed by atoms with Crippen LogP contribution in [0.3, 0.4) is 0 Å². The van der Waals surface area contributed by atoms with Crippen molar-refractivity contribution in [3.63, 3.8) is 0 Å². The Balaban J connectivity index is 1.41. The second kappa shape index (κ2) is 9.63. The Bertz CT molecular complexity index is 953. The third kappa shape index (κ3) is 4.69. The minimum atomic E-state index is -3.75. The van der Waals surface area contributed by atoms with Crippen LogP contribution in [0.5, 0.6) is 11.5 Å². The van der Waals surface area contributed by atoms with E-state index >= 15 is 0 Å². The number of rotatable bonds is 5. The molecule has 1 amide bonds. The van der Waals surface area contributed by atoms with Gasteiger partial charge in [-0.3, -0.25) is 9.59 Å². The van der Waals surface area contributed by atoms with Gasteiger partial charge in [0.15, 0.2) is 11.5 Å². The Labute approximate surface area is 187 Å². The van der Waals surface area contributed by atoms with E-state index < -0.39 is 16.1 Å². The molecule has 0 aromatic heterocycles. The predicted octanol–water partition coefficient (Wildman–Crippen LogP) is 0.649. The van der Waals surface area contributed by atoms with Gasteiger partial charge in [-0.1, -0.05) is 0 Å². The number of hydrogen-bond donors (Lipinski definition) is 0. The van der Waals surface area contributed by atoms with Crippen molar-refractivity contribution < 1.29 is 37.0 Å². The average molecular weight is 469 g/mol. The van der Waals surface area contributed by atoms with E-state index in [1.165, 1.54) is 22.5 Å². The van der Waals surface area contributed by atoms with Crippen LogP contribution in [0.25, 0.3) is 0 Å². The van der Waals surface area contributed by atoms with Crippen molar-refractivity contribution in [3.05, 3.63) is 18.2 Å². The maximum Gasteiger partial charge on any atom is 0.309 e. The van der Waals surface area contributed by atoms with Gasteiger partial charge in [0.2, 0.25) is 16.1 Å². The monoisotopic (exact) mass is 468 g/mol. The molecule has 0 unspecified atom stereocenters. The first-order valence-electron chi connectivity index (χ1n) is 10.9. The lowest BCUT2D eigenvalue weighted by molar-refractivity contribution is -0.149. The molecule has 0 spiro atoms. The summed E-state index contributed by atoms with van der Waals surface area (Å²) in [5.41, 5.74) is 0. The maximum absolute atomic E-state index is 13.1. The number of amides is 1. The molecule has 176 valence electrons. The Morgan fingerprint density at radius 3 is 2.50 bits per heavy atom. The normalized spacial score (nSPS) is 22.4. The van der Waals surface area contributed by atoms with Crippen molar-refractivity contribution in [1.82, 2.24) is 9.21 Å². The second-order valence-electron chi connectivity index (χ2n) is 7.89. The average Bonchev–Trinajstić information content (AvgIpc) is 2.83. The minimum absolute atomic E-state index is 0.0115. The summed E-state index contributed by atoms with van der Waals surface area (Å²) in [6.45, 7) is 4.57. The van der Waals surface area contributed by atoms with Gasteiger partial charge >= 0.3 is 5.97 Å². The molecular weight excluding hydrogens is 440 g/mol. The van der Waals surface area contributed by atoms with Crippen molar-refractivity contribution in [2.75, 3.05) is 52.6 Å². The summed E-state index contributed by atoms with van der Waals surface area (Å²) in [4.78, 5) is 26.3. The van der Waals surface area contributed by atoms with Gasteiger partial charge in [-0.25, -0.2) is 8.42 Å². The number of piperidine rings is 1. The van der Waals surface area contributed by atoms with Gasteiger partial charge in [0.25, 0.3) is 5.91 Å². The molecule has 3 aliphatic rings. The number of benzene rings is 1. The molecular formula is C21H28N2O8S. The summed E-state index contributed by atoms with van der Waals surface area (Å²) >= 11 is 0. The van der Waals surface area contributed by atoms with Gasteiger partial charge in [0, 0.05) is 32.2 Å². The minimum Gasteiger partial charge on any atom is -0.485 e. The van der Waals surface area contributed by atoms with Crippen LogP contribution in [0.1, 0.15) is 19.8 Å². The molecule has 32 heavy (non-hydrogen) atoms. The highest BCUT2D eigenvalue weighted by molar-refractivity contribution is 7.89. The molecule has 0 N–H and O–H groups in total. The number of esters is 1. The number of fused-ring (bicyclic) bond motifs is 1. The van der Waals surface area contributed by atoms with Crippen molar-refractivity contribution >= 4 is 21.9 Å². The topological polar surface area (TPSA) is 112 Å². The zero-order valence-corrected chi connectivity index (χ0v) is 18.8. The van der Waals surface area contributed by atoms with E-state index in [1.807, 2.05) is 0 Å². The van der Waals surface area contributed by atoms with Crippen LogP contribution in [0.4, 0.5) is 0 Å². The van der Waals surface area contributed by atoms with E-state index in [0.29, 0.717) is 57.3 Å². The number of sulfonamides is 1. The fraction of sp³-hybridized carbons (Fsp3) is 0.619. The smallest absolute Gasteiger partial charge is 0.309 e. The lowest BCUT2D eigenvalue weighted by Crippen LogP contribution is -2.50. The van der Waals surface area contributed by atoms with E-state index in [2.05, 4.69) is 0 Å². The summed E-state index contributed by atoms with van der Waals surface area (Å²) in [6, 6.07) is 4.40. The molecule has 0 saturated carbocycles. The number of nitrogens with zero attached hydrogens (tertiary/aromatic N) is 2. The fourth-order valence-electron chi connectivity index (χ4n) is 4.06. The van der Waals surface area contributed by atoms with E-state index in [-0.39, 0.29) is 42.4 Å². The Morgan fingerprint density at radius 2 is 1.81 bits per heavy atom. The molecule has 1 atom stereocenters. The SMILES string of the molecule is CCOC(=O)C1CCN(S(=O)(=O)c2ccc3c(c2)OC[C@H](C(=O)N2CCOCC2)O3)CC1. The largest absolute Gasteiger partial charge is 0.485 e. The first-order valence-corrected chi connectivity index (χ1v) is 12.3. The molecule has 11 heteroatoms. The first-order chi connectivity index (χ1) is 15.4. The highest BCUT2D eigenvalue weighted by Gasteiger charge is 2.35. The molecule has 0 aliphatic carbocycles. The zero-order chi connectivity index (χ0) is 22.7. The summed E-state index contributed by atoms with van der Waals surface area (Å²) in [6.07, 6.45) is 0.0759. The lowest BCUT2D eigenvalue weighted by Gasteiger charge is -2.33. The molecule has 2 fully saturated rings. The van der Waals surface area contributed by atoms with E-state index in [0.717, 1.165) is 0 Å². The van der Waals surface area contributed by atoms with Crippen molar-refractivity contribution in [1.29, 1.82) is 0 Å². The van der Waals surface area contributed by atoms with Crippen molar-refractivity contribution in [3.8, 4) is 11.5 Å². The van der Waals surface area contributed by atoms with Crippen molar-refractivity contribution in [2.24, 2.45) is 5.92 Å². The number of morpholine rings is 1. The molecule has 3 heterocycles. The summed E-state index contributed by atoms with van der Waals surface area (Å²) < 4.78 is 49.4. The quantitative estimate of drug-likeness (QED) is 0.579. The molecule has 1 aromatic rings. The highest BCUT2D eigenvalue weighted by Crippen LogP contribution is 2.35. The molecule has 10 nitrogen and oxygen atoms in total. The van der Waals surface area contributed by atoms with Crippen LogP contribution in [0, 0.1) is 5.92 Å². The van der Waals surface area contributed by atoms with Crippen LogP contribution in [0.15, 0.2) is 23.1 Å². The lowest BCUT2D eigenvalue weighted by atomic mass is 9.98. The molecule has 0 radical (unpaired) electrons. The number of carbonyl (C=O) groups excluding carboxylic acids is 2. The molecule has 1 aromatic carbocycles. The molecule has 2 saturated heterocycles. The summed E-state index contributed by atoms with van der Waals surface area (Å²) in [5.74, 6) is -0.0888. The van der Waals surface area contributed by atoms with Gasteiger partial charge in [0.1, 0.15) is 6.61 Å². The Kier molecular flexibility index (Phi) is 6.87. The third-order valence-corrected chi connectivity index (χ3v) is 7.78. The van der Waals surface area contributed by atoms with Crippen molar-refractivity contribution in [2.45, 2.75) is 30.8 Å². The standard InChI is InChI=1S/C21H28N2O8S/c1-2-29-21(25)15-5-7-23(8-6-15)32(26,27)16-3-4-17-18(13-16)30-14-19(31-17)20(24)22-9-11-28-12-10-22/h3-4,13,15,19H,2,5-12,14H2,1H3/t19-/m1/s1. The zero-order valence-electron chi connectivity index (χ0n) is 18.0. The summed E-state index contributed by atoms with van der Waals surface area (Å²) in [7, 11) is -3.75. The third-order valence-electron chi connectivity index (χ3n) is 5.88. The van der Waals surface area contributed by atoms with Crippen LogP contribution >= 0.6 is 0 Å². The van der Waals surface area contributed by atoms with Gasteiger partial charge in [-0.05, 0) is 31.9 Å². The molecule has 0 bridgehead atoms. The second-order valence-corrected chi connectivity index (χ2v) is 9.83. The van der Waals surface area contributed by atoms with E-state index in [1.54, 1.807) is 11.8 Å². The van der Waals surface area contributed by atoms with Gasteiger partial charge in [-0.15, -0.1) is 0 Å². The van der Waals surface area contributed by atoms with Gasteiger partial charge in [-0.2, -0.15) is 4.31 Å². The van der Waals surface area contributed by atoms with Gasteiger partial charge < -0.3 is 23.8 Å².